The standard InChI is InChI=1S/C14H26N2/c1-3-14(4-2)9-10-16(11-14)13(15)12-7-5-6-8-12/h12,15H,3-11H2,1-2H3. The summed E-state index contributed by atoms with van der Waals surface area (Å²) in [5.41, 5.74) is 0.519. The SMILES string of the molecule is CCC1(CC)CCN(C(=N)C2CCCC2)C1. The lowest BCUT2D eigenvalue weighted by atomic mass is 9.82. The van der Waals surface area contributed by atoms with Gasteiger partial charge in [0.1, 0.15) is 0 Å². The number of nitrogens with one attached hydrogen (secondary N) is 1. The molecule has 0 radical (unpaired) electrons. The molecule has 2 nitrogen and oxygen atoms in total. The molecule has 1 aliphatic heterocycles. The van der Waals surface area contributed by atoms with Crippen LogP contribution in [0.3, 0.4) is 0 Å². The third-order valence-electron chi connectivity index (χ3n) is 5.02. The van der Waals surface area contributed by atoms with E-state index in [9.17, 15) is 0 Å². The van der Waals surface area contributed by atoms with Gasteiger partial charge in [-0.25, -0.2) is 0 Å². The highest BCUT2D eigenvalue weighted by molar-refractivity contribution is 5.82. The summed E-state index contributed by atoms with van der Waals surface area (Å²) in [4.78, 5) is 2.38. The number of hydrogen-bond acceptors (Lipinski definition) is 1. The highest BCUT2D eigenvalue weighted by Gasteiger charge is 2.37. The predicted molar refractivity (Wildman–Crippen MR) is 68.9 cm³/mol. The van der Waals surface area contributed by atoms with E-state index in [0.717, 1.165) is 18.9 Å². The smallest absolute Gasteiger partial charge is 0.0989 e. The highest BCUT2D eigenvalue weighted by Crippen LogP contribution is 2.38. The number of likely N-dealkylation sites (tertiary alicyclic amines) is 1. The zero-order valence-electron chi connectivity index (χ0n) is 10.9. The molecule has 0 aromatic carbocycles. The summed E-state index contributed by atoms with van der Waals surface area (Å²) in [5, 5.41) is 8.34. The molecule has 0 unspecified atom stereocenters. The third kappa shape index (κ3) is 2.11. The molecule has 2 fully saturated rings. The normalized spacial score (nSPS) is 25.2. The maximum Gasteiger partial charge on any atom is 0.0989 e. The molecule has 1 N–H and O–H groups in total. The number of amidine groups is 1. The van der Waals surface area contributed by atoms with Crippen molar-refractivity contribution in [3.63, 3.8) is 0 Å². The predicted octanol–water partition coefficient (Wildman–Crippen LogP) is 3.67. The molecule has 92 valence electrons. The second-order valence-electron chi connectivity index (χ2n) is 5.75. The average molecular weight is 222 g/mol. The van der Waals surface area contributed by atoms with Crippen LogP contribution >= 0.6 is 0 Å². The summed E-state index contributed by atoms with van der Waals surface area (Å²) in [7, 11) is 0. The molecule has 0 amide bonds. The van der Waals surface area contributed by atoms with Crippen LogP contribution in [0, 0.1) is 16.7 Å². The van der Waals surface area contributed by atoms with Gasteiger partial charge in [0, 0.05) is 19.0 Å². The Bertz CT molecular complexity index is 249. The van der Waals surface area contributed by atoms with Crippen molar-refractivity contribution < 1.29 is 0 Å². The van der Waals surface area contributed by atoms with Crippen LogP contribution in [-0.2, 0) is 0 Å². The Morgan fingerprint density at radius 3 is 2.38 bits per heavy atom. The van der Waals surface area contributed by atoms with E-state index in [1.807, 2.05) is 0 Å². The molecular weight excluding hydrogens is 196 g/mol. The van der Waals surface area contributed by atoms with E-state index >= 15 is 0 Å². The fourth-order valence-electron chi connectivity index (χ4n) is 3.43. The van der Waals surface area contributed by atoms with Crippen molar-refractivity contribution in [2.24, 2.45) is 11.3 Å². The lowest BCUT2D eigenvalue weighted by molar-refractivity contribution is 0.274. The fraction of sp³-hybridized carbons (Fsp3) is 0.929. The van der Waals surface area contributed by atoms with Crippen LogP contribution in [0.1, 0.15) is 58.8 Å². The number of nitrogens with zero attached hydrogens (tertiary/aromatic N) is 1. The molecule has 2 rings (SSSR count). The Kier molecular flexibility index (Phi) is 3.56. The zero-order chi connectivity index (χ0) is 11.6. The fourth-order valence-corrected chi connectivity index (χ4v) is 3.43. The van der Waals surface area contributed by atoms with Gasteiger partial charge in [0.25, 0.3) is 0 Å². The molecular formula is C14H26N2. The topological polar surface area (TPSA) is 27.1 Å². The molecule has 2 heteroatoms. The van der Waals surface area contributed by atoms with Crippen LogP contribution in [0.5, 0.6) is 0 Å². The lowest BCUT2D eigenvalue weighted by Gasteiger charge is -2.29. The van der Waals surface area contributed by atoms with Gasteiger partial charge in [-0.1, -0.05) is 26.7 Å². The van der Waals surface area contributed by atoms with E-state index in [0.29, 0.717) is 11.3 Å². The molecule has 0 atom stereocenters. The zero-order valence-corrected chi connectivity index (χ0v) is 10.9. The van der Waals surface area contributed by atoms with Crippen LogP contribution in [0.4, 0.5) is 0 Å². The van der Waals surface area contributed by atoms with Crippen molar-refractivity contribution in [2.45, 2.75) is 58.8 Å². The van der Waals surface area contributed by atoms with E-state index in [1.165, 1.54) is 44.9 Å². The quantitative estimate of drug-likeness (QED) is 0.572. The molecule has 1 heterocycles. The lowest BCUT2D eigenvalue weighted by Crippen LogP contribution is -2.35. The molecule has 1 aliphatic carbocycles. The van der Waals surface area contributed by atoms with E-state index in [2.05, 4.69) is 18.7 Å². The van der Waals surface area contributed by atoms with Crippen molar-refractivity contribution in [2.75, 3.05) is 13.1 Å². The molecule has 0 aromatic heterocycles. The van der Waals surface area contributed by atoms with Gasteiger partial charge in [-0.15, -0.1) is 0 Å². The van der Waals surface area contributed by atoms with Crippen LogP contribution in [-0.4, -0.2) is 23.8 Å². The Morgan fingerprint density at radius 2 is 1.88 bits per heavy atom. The van der Waals surface area contributed by atoms with E-state index in [1.54, 1.807) is 0 Å². The van der Waals surface area contributed by atoms with Crippen molar-refractivity contribution in [1.29, 1.82) is 5.41 Å². The second kappa shape index (κ2) is 4.77. The van der Waals surface area contributed by atoms with Crippen LogP contribution in [0.15, 0.2) is 0 Å². The summed E-state index contributed by atoms with van der Waals surface area (Å²) >= 11 is 0. The first kappa shape index (κ1) is 11.9. The van der Waals surface area contributed by atoms with E-state index < -0.39 is 0 Å². The molecule has 1 saturated heterocycles. The van der Waals surface area contributed by atoms with Gasteiger partial charge in [-0.2, -0.15) is 0 Å². The Hall–Kier alpha value is -0.530. The van der Waals surface area contributed by atoms with Gasteiger partial charge >= 0.3 is 0 Å². The molecule has 0 spiro atoms. The summed E-state index contributed by atoms with van der Waals surface area (Å²) in [6.45, 7) is 6.91. The van der Waals surface area contributed by atoms with Crippen molar-refractivity contribution in [1.82, 2.24) is 4.90 Å². The second-order valence-corrected chi connectivity index (χ2v) is 5.75. The first-order chi connectivity index (χ1) is 7.71. The Labute approximate surface area is 99.9 Å². The third-order valence-corrected chi connectivity index (χ3v) is 5.02. The van der Waals surface area contributed by atoms with Crippen LogP contribution in [0.2, 0.25) is 0 Å². The van der Waals surface area contributed by atoms with Gasteiger partial charge in [-0.3, -0.25) is 5.41 Å². The minimum Gasteiger partial charge on any atom is -0.360 e. The summed E-state index contributed by atoms with van der Waals surface area (Å²) in [6, 6.07) is 0. The summed E-state index contributed by atoms with van der Waals surface area (Å²) < 4.78 is 0. The molecule has 0 aromatic rings. The van der Waals surface area contributed by atoms with Crippen molar-refractivity contribution in [3.8, 4) is 0 Å². The van der Waals surface area contributed by atoms with E-state index in [-0.39, 0.29) is 0 Å². The highest BCUT2D eigenvalue weighted by atomic mass is 15.2. The first-order valence-corrected chi connectivity index (χ1v) is 7.04. The minimum absolute atomic E-state index is 0.519. The van der Waals surface area contributed by atoms with Crippen LogP contribution < -0.4 is 0 Å². The molecule has 16 heavy (non-hydrogen) atoms. The van der Waals surface area contributed by atoms with Gasteiger partial charge in [0.05, 0.1) is 5.84 Å². The minimum atomic E-state index is 0.519. The van der Waals surface area contributed by atoms with Crippen molar-refractivity contribution in [3.05, 3.63) is 0 Å². The monoisotopic (exact) mass is 222 g/mol. The molecule has 2 aliphatic rings. The van der Waals surface area contributed by atoms with Crippen LogP contribution in [0.25, 0.3) is 0 Å². The maximum atomic E-state index is 8.34. The van der Waals surface area contributed by atoms with E-state index in [4.69, 9.17) is 5.41 Å². The summed E-state index contributed by atoms with van der Waals surface area (Å²) in [5.74, 6) is 1.55. The molecule has 0 bridgehead atoms. The largest absolute Gasteiger partial charge is 0.360 e. The van der Waals surface area contributed by atoms with Gasteiger partial charge < -0.3 is 4.90 Å². The first-order valence-electron chi connectivity index (χ1n) is 7.04. The number of hydrogen-bond donors (Lipinski definition) is 1. The van der Waals surface area contributed by atoms with Gasteiger partial charge in [0.2, 0.25) is 0 Å². The Morgan fingerprint density at radius 1 is 1.25 bits per heavy atom. The summed E-state index contributed by atoms with van der Waals surface area (Å²) in [6.07, 6.45) is 9.06. The maximum absolute atomic E-state index is 8.34. The van der Waals surface area contributed by atoms with Gasteiger partial charge in [-0.05, 0) is 37.5 Å². The average Bonchev–Trinajstić information content (AvgIpc) is 2.98. The number of rotatable bonds is 3. The molecule has 1 saturated carbocycles. The van der Waals surface area contributed by atoms with Crippen molar-refractivity contribution >= 4 is 5.84 Å². The van der Waals surface area contributed by atoms with Gasteiger partial charge in [0.15, 0.2) is 0 Å². The Balaban J connectivity index is 1.94.